The molecular weight excluding hydrogens is 576 g/mol. The van der Waals surface area contributed by atoms with E-state index >= 15 is 0 Å². The summed E-state index contributed by atoms with van der Waals surface area (Å²) in [4.78, 5) is 14.2. The standard InChI is InChI=1S/C32H41ClN2O6S/c1-2-21(18-42(34,39)40)5-3-7-29(36)26-11-8-24(26)17-35-19-32(14-4-6-22-15-25(33)10-12-27(22)32)20-41-30-13-9-23(31(37)38)16-28(30)35/h3,7,9-10,12-13,15-16,21,24,26,29,36H,2,4-6,8,11,14,17-20H2,1H3,(H,37,38)(H2,34,39,40)/b7-3+/t21-,24+,26-,29+,32+/m1/s1. The topological polar surface area (TPSA) is 130 Å². The lowest BCUT2D eigenvalue weighted by Gasteiger charge is -2.45. The lowest BCUT2D eigenvalue weighted by atomic mass is 9.68. The highest BCUT2D eigenvalue weighted by molar-refractivity contribution is 7.89. The van der Waals surface area contributed by atoms with Crippen molar-refractivity contribution < 1.29 is 28.2 Å². The van der Waals surface area contributed by atoms with Gasteiger partial charge in [-0.1, -0.05) is 43.2 Å². The summed E-state index contributed by atoms with van der Waals surface area (Å²) in [5.74, 6) is -0.188. The number of aryl methyl sites for hydroxylation is 1. The monoisotopic (exact) mass is 616 g/mol. The largest absolute Gasteiger partial charge is 0.490 e. The van der Waals surface area contributed by atoms with Crippen molar-refractivity contribution in [2.75, 3.05) is 30.3 Å². The number of aliphatic hydroxyl groups excluding tert-OH is 1. The number of carboxylic acid groups (broad SMARTS) is 1. The van der Waals surface area contributed by atoms with Crippen molar-refractivity contribution in [3.05, 3.63) is 70.3 Å². The Balaban J connectivity index is 1.38. The summed E-state index contributed by atoms with van der Waals surface area (Å²) in [6, 6.07) is 11.2. The Morgan fingerprint density at radius 1 is 1.26 bits per heavy atom. The Hall–Kier alpha value is -2.59. The molecule has 0 unspecified atom stereocenters. The lowest BCUT2D eigenvalue weighted by molar-refractivity contribution is 0.0456. The van der Waals surface area contributed by atoms with Gasteiger partial charge in [0.2, 0.25) is 10.0 Å². The molecule has 4 N–H and O–H groups in total. The van der Waals surface area contributed by atoms with Crippen molar-refractivity contribution in [2.24, 2.45) is 22.9 Å². The van der Waals surface area contributed by atoms with Crippen molar-refractivity contribution in [1.82, 2.24) is 0 Å². The van der Waals surface area contributed by atoms with Gasteiger partial charge in [0, 0.05) is 23.5 Å². The van der Waals surface area contributed by atoms with Crippen LogP contribution < -0.4 is 14.8 Å². The Labute approximate surface area is 253 Å². The molecule has 1 spiro atoms. The third-order valence-corrected chi connectivity index (χ3v) is 10.7. The van der Waals surface area contributed by atoms with Crippen LogP contribution in [0.4, 0.5) is 5.69 Å². The van der Waals surface area contributed by atoms with Gasteiger partial charge >= 0.3 is 5.97 Å². The van der Waals surface area contributed by atoms with Gasteiger partial charge in [-0.2, -0.15) is 0 Å². The molecule has 8 nitrogen and oxygen atoms in total. The number of nitrogens with two attached hydrogens (primary N) is 1. The predicted molar refractivity (Wildman–Crippen MR) is 165 cm³/mol. The fourth-order valence-corrected chi connectivity index (χ4v) is 8.26. The van der Waals surface area contributed by atoms with Gasteiger partial charge in [0.25, 0.3) is 0 Å². The number of ether oxygens (including phenoxy) is 1. The number of fused-ring (bicyclic) bond motifs is 3. The van der Waals surface area contributed by atoms with Crippen LogP contribution in [-0.4, -0.2) is 56.2 Å². The predicted octanol–water partition coefficient (Wildman–Crippen LogP) is 5.16. The minimum Gasteiger partial charge on any atom is -0.490 e. The Kier molecular flexibility index (Phi) is 9.23. The molecule has 5 rings (SSSR count). The van der Waals surface area contributed by atoms with Crippen LogP contribution in [0.5, 0.6) is 5.75 Å². The average molecular weight is 617 g/mol. The van der Waals surface area contributed by atoms with E-state index in [1.54, 1.807) is 24.3 Å². The van der Waals surface area contributed by atoms with E-state index in [9.17, 15) is 23.4 Å². The summed E-state index contributed by atoms with van der Waals surface area (Å²) in [6.07, 6.45) is 9.06. The molecule has 3 aliphatic rings. The van der Waals surface area contributed by atoms with Crippen molar-refractivity contribution in [1.29, 1.82) is 0 Å². The van der Waals surface area contributed by atoms with Crippen molar-refractivity contribution in [3.63, 3.8) is 0 Å². The third-order valence-electron chi connectivity index (χ3n) is 9.50. The normalized spacial score (nSPS) is 25.2. The number of carbonyl (C=O) groups is 1. The Morgan fingerprint density at radius 2 is 2.07 bits per heavy atom. The summed E-state index contributed by atoms with van der Waals surface area (Å²) in [5.41, 5.74) is 3.21. The number of hydrogen-bond acceptors (Lipinski definition) is 6. The quantitative estimate of drug-likeness (QED) is 0.314. The first-order chi connectivity index (χ1) is 20.0. The van der Waals surface area contributed by atoms with Crippen LogP contribution in [0.15, 0.2) is 48.6 Å². The molecule has 2 aromatic carbocycles. The molecular formula is C32H41ClN2O6S. The molecule has 0 saturated heterocycles. The van der Waals surface area contributed by atoms with Gasteiger partial charge in [-0.3, -0.25) is 0 Å². The molecule has 228 valence electrons. The molecule has 0 amide bonds. The molecule has 2 aliphatic carbocycles. The maximum absolute atomic E-state index is 11.9. The number of hydrogen-bond donors (Lipinski definition) is 3. The van der Waals surface area contributed by atoms with Crippen molar-refractivity contribution in [2.45, 2.75) is 63.4 Å². The van der Waals surface area contributed by atoms with Crippen molar-refractivity contribution in [3.8, 4) is 5.75 Å². The van der Waals surface area contributed by atoms with Gasteiger partial charge < -0.3 is 19.8 Å². The molecule has 1 aliphatic heterocycles. The zero-order valence-electron chi connectivity index (χ0n) is 24.0. The molecule has 1 fully saturated rings. The van der Waals surface area contributed by atoms with E-state index in [0.717, 1.165) is 42.8 Å². The highest BCUT2D eigenvalue weighted by Crippen LogP contribution is 2.46. The van der Waals surface area contributed by atoms with Crippen LogP contribution in [0, 0.1) is 17.8 Å². The van der Waals surface area contributed by atoms with Crippen LogP contribution in [0.2, 0.25) is 5.02 Å². The average Bonchev–Trinajstić information content (AvgIpc) is 3.06. The molecule has 0 bridgehead atoms. The summed E-state index contributed by atoms with van der Waals surface area (Å²) < 4.78 is 29.5. The van der Waals surface area contributed by atoms with Gasteiger partial charge in [0.15, 0.2) is 0 Å². The second-order valence-electron chi connectivity index (χ2n) is 12.4. The zero-order chi connectivity index (χ0) is 30.1. The van der Waals surface area contributed by atoms with Crippen molar-refractivity contribution >= 4 is 33.3 Å². The number of carboxylic acids is 1. The summed E-state index contributed by atoms with van der Waals surface area (Å²) >= 11 is 6.36. The van der Waals surface area contributed by atoms with Crippen LogP contribution >= 0.6 is 11.6 Å². The summed E-state index contributed by atoms with van der Waals surface area (Å²) in [5, 5.41) is 26.8. The Morgan fingerprint density at radius 3 is 2.76 bits per heavy atom. The first-order valence-electron chi connectivity index (χ1n) is 14.9. The van der Waals surface area contributed by atoms with E-state index in [0.29, 0.717) is 38.3 Å². The lowest BCUT2D eigenvalue weighted by Crippen LogP contribution is -2.49. The SMILES string of the molecule is CC[C@H](C/C=C/[C@H](O)[C@@H]1CC[C@H]1CN1C[C@@]2(CCCc3cc(Cl)ccc32)COc2ccc(C(=O)O)cc21)CS(N)(=O)=O. The number of aliphatic hydroxyl groups is 1. The number of halogens is 1. The van der Waals surface area contributed by atoms with Crippen LogP contribution in [0.3, 0.4) is 0 Å². The first kappa shape index (κ1) is 30.9. The maximum Gasteiger partial charge on any atom is 0.335 e. The molecule has 2 aromatic rings. The number of aromatic carboxylic acids is 1. The first-order valence-corrected chi connectivity index (χ1v) is 17.0. The van der Waals surface area contributed by atoms with E-state index in [1.165, 1.54) is 11.1 Å². The van der Waals surface area contributed by atoms with Gasteiger partial charge in [0.05, 0.1) is 29.7 Å². The maximum atomic E-state index is 11.9. The van der Waals surface area contributed by atoms with E-state index in [1.807, 2.05) is 19.1 Å². The molecule has 0 radical (unpaired) electrons. The van der Waals surface area contributed by atoms with Gasteiger partial charge in [0.1, 0.15) is 5.75 Å². The van der Waals surface area contributed by atoms with E-state index in [-0.39, 0.29) is 34.5 Å². The Bertz CT molecular complexity index is 1450. The van der Waals surface area contributed by atoms with E-state index in [4.69, 9.17) is 21.5 Å². The number of primary sulfonamides is 1. The molecule has 0 aromatic heterocycles. The third kappa shape index (κ3) is 6.80. The molecule has 5 atom stereocenters. The highest BCUT2D eigenvalue weighted by Gasteiger charge is 2.44. The fraction of sp³-hybridized carbons (Fsp3) is 0.531. The van der Waals surface area contributed by atoms with Crippen LogP contribution in [-0.2, 0) is 21.9 Å². The highest BCUT2D eigenvalue weighted by atomic mass is 35.5. The molecule has 10 heteroatoms. The molecule has 42 heavy (non-hydrogen) atoms. The van der Waals surface area contributed by atoms with Crippen LogP contribution in [0.1, 0.15) is 66.9 Å². The van der Waals surface area contributed by atoms with Crippen LogP contribution in [0.25, 0.3) is 0 Å². The minimum absolute atomic E-state index is 0.0586. The number of nitrogens with zero attached hydrogens (tertiary/aromatic N) is 1. The molecule has 1 heterocycles. The van der Waals surface area contributed by atoms with Gasteiger partial charge in [-0.25, -0.2) is 18.4 Å². The number of benzene rings is 2. The molecule has 1 saturated carbocycles. The second kappa shape index (κ2) is 12.6. The second-order valence-corrected chi connectivity index (χ2v) is 14.4. The fourth-order valence-electron chi connectivity index (χ4n) is 7.04. The number of anilines is 1. The van der Waals surface area contributed by atoms with E-state index in [2.05, 4.69) is 17.0 Å². The minimum atomic E-state index is -3.55. The number of rotatable bonds is 10. The zero-order valence-corrected chi connectivity index (χ0v) is 25.6. The van der Waals surface area contributed by atoms with Gasteiger partial charge in [-0.15, -0.1) is 0 Å². The summed E-state index contributed by atoms with van der Waals surface area (Å²) in [7, 11) is -3.55. The smallest absolute Gasteiger partial charge is 0.335 e. The number of sulfonamides is 1. The van der Waals surface area contributed by atoms with E-state index < -0.39 is 22.1 Å². The van der Waals surface area contributed by atoms with Gasteiger partial charge in [-0.05, 0) is 97.7 Å². The number of allylic oxidation sites excluding steroid dienone is 1. The summed E-state index contributed by atoms with van der Waals surface area (Å²) in [6.45, 7) is 3.78.